The van der Waals surface area contributed by atoms with Gasteiger partial charge in [-0.1, -0.05) is 72.8 Å². The smallest absolute Gasteiger partial charge is 0.338 e. The van der Waals surface area contributed by atoms with Crippen molar-refractivity contribution in [3.8, 4) is 5.75 Å². The quantitative estimate of drug-likeness (QED) is 0.517. The summed E-state index contributed by atoms with van der Waals surface area (Å²) in [7, 11) is 1.60. The van der Waals surface area contributed by atoms with E-state index in [2.05, 4.69) is 12.1 Å². The Kier molecular flexibility index (Phi) is 6.08. The highest BCUT2D eigenvalue weighted by Crippen LogP contribution is 2.42. The molecule has 1 atom stereocenters. The number of hydrogen-bond donors (Lipinski definition) is 1. The molecule has 0 spiro atoms. The number of benzene rings is 3. The van der Waals surface area contributed by atoms with Crippen molar-refractivity contribution >= 4 is 5.97 Å². The molecule has 0 bridgehead atoms. The molecule has 0 radical (unpaired) electrons. The van der Waals surface area contributed by atoms with Crippen LogP contribution in [0.1, 0.15) is 29.5 Å². The number of aliphatic hydroxyl groups is 1. The van der Waals surface area contributed by atoms with E-state index < -0.39 is 11.6 Å². The largest absolute Gasteiger partial charge is 0.512 e. The molecule has 1 heterocycles. The van der Waals surface area contributed by atoms with Gasteiger partial charge in [0, 0.05) is 12.8 Å². The molecule has 4 heteroatoms. The summed E-state index contributed by atoms with van der Waals surface area (Å²) in [4.78, 5) is 13.1. The normalized spacial score (nSPS) is 18.5. The Bertz CT molecular complexity index is 1070. The number of cyclic esters (lactones) is 1. The van der Waals surface area contributed by atoms with Gasteiger partial charge in [-0.2, -0.15) is 0 Å². The third-order valence-electron chi connectivity index (χ3n) is 5.81. The van der Waals surface area contributed by atoms with Gasteiger partial charge in [0.15, 0.2) is 0 Å². The van der Waals surface area contributed by atoms with E-state index in [1.165, 1.54) is 5.56 Å². The molecule has 3 aromatic rings. The van der Waals surface area contributed by atoms with Gasteiger partial charge in [-0.15, -0.1) is 0 Å². The fourth-order valence-electron chi connectivity index (χ4n) is 4.11. The number of aliphatic hydroxyl groups excluding tert-OH is 1. The SMILES string of the molecule is COc1cccc(CC2=C(O)CC(CCc3ccccc3)(c3ccccc3)OC2=O)c1. The first-order valence-electron chi connectivity index (χ1n) is 10.5. The van der Waals surface area contributed by atoms with Gasteiger partial charge >= 0.3 is 5.97 Å². The molecule has 3 aromatic carbocycles. The fourth-order valence-corrected chi connectivity index (χ4v) is 4.11. The van der Waals surface area contributed by atoms with Crippen molar-refractivity contribution in [2.45, 2.75) is 31.3 Å². The summed E-state index contributed by atoms with van der Waals surface area (Å²) in [6.07, 6.45) is 1.88. The van der Waals surface area contributed by atoms with Gasteiger partial charge < -0.3 is 14.6 Å². The average molecular weight is 415 g/mol. The molecule has 0 aromatic heterocycles. The van der Waals surface area contributed by atoms with Crippen LogP contribution in [-0.4, -0.2) is 18.2 Å². The van der Waals surface area contributed by atoms with Crippen LogP contribution < -0.4 is 4.74 Å². The molecule has 4 rings (SSSR count). The Morgan fingerprint density at radius 3 is 2.29 bits per heavy atom. The van der Waals surface area contributed by atoms with Gasteiger partial charge in [0.2, 0.25) is 0 Å². The number of aryl methyl sites for hydroxylation is 1. The van der Waals surface area contributed by atoms with Crippen LogP contribution >= 0.6 is 0 Å². The molecular weight excluding hydrogens is 388 g/mol. The number of methoxy groups -OCH3 is 1. The van der Waals surface area contributed by atoms with E-state index >= 15 is 0 Å². The van der Waals surface area contributed by atoms with E-state index in [0.29, 0.717) is 24.2 Å². The summed E-state index contributed by atoms with van der Waals surface area (Å²) in [5.74, 6) is 0.336. The van der Waals surface area contributed by atoms with Crippen LogP contribution in [-0.2, 0) is 28.0 Å². The Morgan fingerprint density at radius 2 is 1.61 bits per heavy atom. The Balaban J connectivity index is 1.63. The van der Waals surface area contributed by atoms with Gasteiger partial charge in [-0.05, 0) is 41.7 Å². The molecular formula is C27H26O4. The zero-order chi connectivity index (χ0) is 21.7. The molecule has 0 amide bonds. The maximum absolute atomic E-state index is 13.1. The molecule has 0 saturated carbocycles. The second kappa shape index (κ2) is 9.09. The van der Waals surface area contributed by atoms with Crippen LogP contribution in [0.15, 0.2) is 96.3 Å². The van der Waals surface area contributed by atoms with E-state index in [1.54, 1.807) is 7.11 Å². The average Bonchev–Trinajstić information content (AvgIpc) is 2.81. The molecule has 0 fully saturated rings. The first-order valence-corrected chi connectivity index (χ1v) is 10.5. The van der Waals surface area contributed by atoms with E-state index in [-0.39, 0.29) is 12.2 Å². The van der Waals surface area contributed by atoms with Gasteiger partial charge in [0.1, 0.15) is 17.1 Å². The van der Waals surface area contributed by atoms with Crippen LogP contribution in [0.25, 0.3) is 0 Å². The summed E-state index contributed by atoms with van der Waals surface area (Å²) < 4.78 is 11.4. The first-order chi connectivity index (χ1) is 15.1. The number of carbonyl (C=O) groups excluding carboxylic acids is 1. The fraction of sp³-hybridized carbons (Fsp3) is 0.222. The standard InChI is InChI=1S/C27H26O4/c1-30-23-14-8-11-21(17-23)18-24-25(28)19-27(31-26(24)29,22-12-6-3-7-13-22)16-15-20-9-4-2-5-10-20/h2-14,17,28H,15-16,18-19H2,1H3. The lowest BCUT2D eigenvalue weighted by molar-refractivity contribution is -0.161. The van der Waals surface area contributed by atoms with Crippen LogP contribution in [0.2, 0.25) is 0 Å². The lowest BCUT2D eigenvalue weighted by atomic mass is 9.81. The van der Waals surface area contributed by atoms with Crippen molar-refractivity contribution in [2.24, 2.45) is 0 Å². The summed E-state index contributed by atoms with van der Waals surface area (Å²) in [5, 5.41) is 11.0. The number of esters is 1. The van der Waals surface area contributed by atoms with Crippen LogP contribution in [0.5, 0.6) is 5.75 Å². The molecule has 0 saturated heterocycles. The Labute approximate surface area is 182 Å². The highest BCUT2D eigenvalue weighted by atomic mass is 16.6. The minimum atomic E-state index is -0.893. The highest BCUT2D eigenvalue weighted by molar-refractivity contribution is 5.91. The first kappa shape index (κ1) is 20.7. The number of hydrogen-bond acceptors (Lipinski definition) is 4. The molecule has 1 N–H and O–H groups in total. The van der Waals surface area contributed by atoms with Crippen molar-refractivity contribution in [2.75, 3.05) is 7.11 Å². The molecule has 1 unspecified atom stereocenters. The van der Waals surface area contributed by atoms with E-state index in [1.807, 2.05) is 72.8 Å². The lowest BCUT2D eigenvalue weighted by Gasteiger charge is -2.38. The third-order valence-corrected chi connectivity index (χ3v) is 5.81. The van der Waals surface area contributed by atoms with E-state index in [0.717, 1.165) is 17.5 Å². The zero-order valence-electron chi connectivity index (χ0n) is 17.6. The predicted molar refractivity (Wildman–Crippen MR) is 120 cm³/mol. The van der Waals surface area contributed by atoms with E-state index in [4.69, 9.17) is 9.47 Å². The van der Waals surface area contributed by atoms with Crippen molar-refractivity contribution in [1.82, 2.24) is 0 Å². The maximum Gasteiger partial charge on any atom is 0.338 e. The van der Waals surface area contributed by atoms with Crippen molar-refractivity contribution in [1.29, 1.82) is 0 Å². The maximum atomic E-state index is 13.1. The van der Waals surface area contributed by atoms with Gasteiger partial charge in [-0.3, -0.25) is 0 Å². The van der Waals surface area contributed by atoms with E-state index in [9.17, 15) is 9.90 Å². The van der Waals surface area contributed by atoms with Crippen LogP contribution in [0.3, 0.4) is 0 Å². The van der Waals surface area contributed by atoms with Crippen molar-refractivity contribution in [3.05, 3.63) is 113 Å². The van der Waals surface area contributed by atoms with Crippen molar-refractivity contribution in [3.63, 3.8) is 0 Å². The highest BCUT2D eigenvalue weighted by Gasteiger charge is 2.43. The Morgan fingerprint density at radius 1 is 0.935 bits per heavy atom. The second-order valence-corrected chi connectivity index (χ2v) is 7.87. The van der Waals surface area contributed by atoms with Crippen LogP contribution in [0.4, 0.5) is 0 Å². The van der Waals surface area contributed by atoms with Crippen LogP contribution in [0, 0.1) is 0 Å². The predicted octanol–water partition coefficient (Wildman–Crippen LogP) is 5.53. The number of ether oxygens (including phenoxy) is 2. The third kappa shape index (κ3) is 4.64. The van der Waals surface area contributed by atoms with Gasteiger partial charge in [0.05, 0.1) is 12.7 Å². The summed E-state index contributed by atoms with van der Waals surface area (Å²) in [5.41, 5.74) is 2.36. The minimum absolute atomic E-state index is 0.0935. The number of rotatable bonds is 7. The number of carbonyl (C=O) groups is 1. The zero-order valence-corrected chi connectivity index (χ0v) is 17.6. The lowest BCUT2D eigenvalue weighted by Crippen LogP contribution is -2.38. The molecule has 4 nitrogen and oxygen atoms in total. The molecule has 1 aliphatic rings. The summed E-state index contributed by atoms with van der Waals surface area (Å²) in [6.45, 7) is 0. The monoisotopic (exact) mass is 414 g/mol. The van der Waals surface area contributed by atoms with Gasteiger partial charge in [0.25, 0.3) is 0 Å². The molecule has 158 valence electrons. The Hall–Kier alpha value is -3.53. The second-order valence-electron chi connectivity index (χ2n) is 7.87. The van der Waals surface area contributed by atoms with Crippen molar-refractivity contribution < 1.29 is 19.4 Å². The minimum Gasteiger partial charge on any atom is -0.512 e. The molecule has 1 aliphatic heterocycles. The van der Waals surface area contributed by atoms with Gasteiger partial charge in [-0.25, -0.2) is 4.79 Å². The summed E-state index contributed by atoms with van der Waals surface area (Å²) in [6, 6.07) is 27.3. The summed E-state index contributed by atoms with van der Waals surface area (Å²) >= 11 is 0. The topological polar surface area (TPSA) is 55.8 Å². The molecule has 31 heavy (non-hydrogen) atoms. The molecule has 0 aliphatic carbocycles.